The van der Waals surface area contributed by atoms with Gasteiger partial charge in [0.2, 0.25) is 0 Å². The Balaban J connectivity index is -0.0000000800. The maximum Gasteiger partial charge on any atom is 3.00 e. The van der Waals surface area contributed by atoms with Gasteiger partial charge < -0.3 is 19.2 Å². The van der Waals surface area contributed by atoms with Gasteiger partial charge in [-0.1, -0.05) is 0 Å². The Morgan fingerprint density at radius 2 is 1.14 bits per heavy atom. The van der Waals surface area contributed by atoms with E-state index in [4.69, 9.17) is 19.2 Å². The fraction of sp³-hybridized carbons (Fsp3) is 0. The van der Waals surface area contributed by atoms with E-state index in [1.54, 1.807) is 0 Å². The van der Waals surface area contributed by atoms with Gasteiger partial charge in [0.05, 0.1) is 0 Å². The summed E-state index contributed by atoms with van der Waals surface area (Å²) in [6, 6.07) is 0. The van der Waals surface area contributed by atoms with E-state index < -0.39 is 7.82 Å². The van der Waals surface area contributed by atoms with Crippen LogP contribution < -0.4 is 33.5 Å². The van der Waals surface area contributed by atoms with Crippen molar-refractivity contribution in [1.82, 2.24) is 0 Å². The molecule has 7 heavy (non-hydrogen) atoms. The molecule has 0 N–H and O–H groups in total. The summed E-state index contributed by atoms with van der Waals surface area (Å²) in [7, 11) is -5.39. The van der Waals surface area contributed by atoms with Crippen LogP contribution >= 0.6 is 7.82 Å². The molecule has 0 heterocycles. The molecule has 0 rings (SSSR count). The second-order valence-corrected chi connectivity index (χ2v) is 1.34. The predicted molar refractivity (Wildman–Crippen MR) is 7.61 cm³/mol. The third-order valence-corrected chi connectivity index (χ3v) is 0. The Labute approximate surface area is 78.0 Å². The van der Waals surface area contributed by atoms with Gasteiger partial charge in [0.1, 0.15) is 0 Å². The molecular weight excluding hydrogens is 191 g/mol. The van der Waals surface area contributed by atoms with Crippen LogP contribution in [0.1, 0.15) is 0 Å². The van der Waals surface area contributed by atoms with Crippen molar-refractivity contribution in [2.75, 3.05) is 0 Å². The summed E-state index contributed by atoms with van der Waals surface area (Å²) in [5.74, 6) is 0. The molecule has 4 nitrogen and oxygen atoms in total. The maximum atomic E-state index is 8.55. The van der Waals surface area contributed by atoms with Crippen LogP contribution in [0.4, 0.5) is 0 Å². The molecule has 0 unspecified atom stereocenters. The van der Waals surface area contributed by atoms with Crippen LogP contribution in [-0.4, -0.2) is 0 Å². The molecule has 0 saturated carbocycles. The molecule has 0 aliphatic carbocycles. The van der Waals surface area contributed by atoms with E-state index in [0.29, 0.717) is 0 Å². The van der Waals surface area contributed by atoms with E-state index in [1.165, 1.54) is 0 Å². The van der Waals surface area contributed by atoms with Crippen molar-refractivity contribution < 1.29 is 70.8 Å². The van der Waals surface area contributed by atoms with E-state index >= 15 is 0 Å². The first-order chi connectivity index (χ1) is 2.00. The summed E-state index contributed by atoms with van der Waals surface area (Å²) in [5.41, 5.74) is 0. The Morgan fingerprint density at radius 1 is 1.14 bits per heavy atom. The zero-order valence-electron chi connectivity index (χ0n) is 3.66. The topological polar surface area (TPSA) is 86.2 Å². The average Bonchev–Trinajstić information content (AvgIpc) is 0.722. The zero-order chi connectivity index (χ0) is 4.50. The predicted octanol–water partition coefficient (Wildman–Crippen LogP) is -5.82. The minimum absolute atomic E-state index is 0. The molecule has 7 heteroatoms. The van der Waals surface area contributed by atoms with E-state index in [1.807, 2.05) is 0 Å². The first kappa shape index (κ1) is 15.9. The number of phosphoric acid groups is 1. The minimum atomic E-state index is -5.39. The molecule has 0 amide bonds. The van der Waals surface area contributed by atoms with Crippen molar-refractivity contribution in [1.29, 1.82) is 0 Å². The van der Waals surface area contributed by atoms with Crippen molar-refractivity contribution in [3.05, 3.63) is 0 Å². The molecule has 0 saturated heterocycles. The SMILES string of the molecule is O=P([O-])([O-])[O-].[Li+].[Y+3]. The smallest absolute Gasteiger partial charge is 0.822 e. The van der Waals surface area contributed by atoms with Crippen molar-refractivity contribution >= 4 is 7.82 Å². The van der Waals surface area contributed by atoms with Crippen LogP contribution in [0.15, 0.2) is 0 Å². The Hall–Kier alpha value is 1.81. The number of rotatable bonds is 0. The standard InChI is InChI=1S/Li.H3O4P.Y/c;1-5(2,3)4;/h;(H3,1,2,3,4);/q+1;;+3/p-3. The van der Waals surface area contributed by atoms with Crippen LogP contribution in [0, 0.1) is 0 Å². The number of hydrogen-bond acceptors (Lipinski definition) is 4. The maximum absolute atomic E-state index is 8.55. The van der Waals surface area contributed by atoms with Gasteiger partial charge in [0.25, 0.3) is 0 Å². The third kappa shape index (κ3) is 80.4. The molecular formula is LiO4PY+. The van der Waals surface area contributed by atoms with Gasteiger partial charge in [-0.2, -0.15) is 7.82 Å². The van der Waals surface area contributed by atoms with E-state index in [9.17, 15) is 0 Å². The molecule has 0 spiro atoms. The third-order valence-electron chi connectivity index (χ3n) is 0. The van der Waals surface area contributed by atoms with Crippen LogP contribution in [0.3, 0.4) is 0 Å². The van der Waals surface area contributed by atoms with E-state index in [0.717, 1.165) is 0 Å². The first-order valence-electron chi connectivity index (χ1n) is 0.730. The molecule has 0 aromatic heterocycles. The molecule has 32 valence electrons. The van der Waals surface area contributed by atoms with Gasteiger partial charge in [-0.15, -0.1) is 0 Å². The van der Waals surface area contributed by atoms with Crippen LogP contribution in [0.5, 0.6) is 0 Å². The molecule has 0 aromatic carbocycles. The molecule has 0 aliphatic rings. The van der Waals surface area contributed by atoms with Gasteiger partial charge in [-0.3, -0.25) is 0 Å². The van der Waals surface area contributed by atoms with E-state index in [2.05, 4.69) is 0 Å². The zero-order valence-corrected chi connectivity index (χ0v) is 7.39. The average molecular weight is 191 g/mol. The van der Waals surface area contributed by atoms with Gasteiger partial charge >= 0.3 is 51.6 Å². The molecule has 0 aromatic rings. The van der Waals surface area contributed by atoms with Gasteiger partial charge in [0.15, 0.2) is 0 Å². The molecule has 0 atom stereocenters. The normalized spacial score (nSPS) is 8.43. The summed E-state index contributed by atoms with van der Waals surface area (Å²) in [6.45, 7) is 0. The summed E-state index contributed by atoms with van der Waals surface area (Å²) >= 11 is 0. The number of hydrogen-bond donors (Lipinski definition) is 0. The van der Waals surface area contributed by atoms with Gasteiger partial charge in [-0.25, -0.2) is 0 Å². The van der Waals surface area contributed by atoms with Crippen LogP contribution in [0.2, 0.25) is 0 Å². The van der Waals surface area contributed by atoms with Crippen molar-refractivity contribution in [2.45, 2.75) is 0 Å². The molecule has 0 fully saturated rings. The Morgan fingerprint density at radius 3 is 1.14 bits per heavy atom. The Kier molecular flexibility index (Phi) is 13.5. The molecule has 0 aliphatic heterocycles. The van der Waals surface area contributed by atoms with Gasteiger partial charge in [0, 0.05) is 0 Å². The summed E-state index contributed by atoms with van der Waals surface area (Å²) in [6.07, 6.45) is 0. The van der Waals surface area contributed by atoms with E-state index in [-0.39, 0.29) is 51.6 Å². The molecule has 0 bridgehead atoms. The first-order valence-corrected chi connectivity index (χ1v) is 2.19. The molecule has 0 radical (unpaired) electrons. The quantitative estimate of drug-likeness (QED) is 0.281. The fourth-order valence-corrected chi connectivity index (χ4v) is 0. The second kappa shape index (κ2) is 5.94. The summed E-state index contributed by atoms with van der Waals surface area (Å²) in [5, 5.41) is 0. The van der Waals surface area contributed by atoms with Crippen LogP contribution in [0.25, 0.3) is 0 Å². The summed E-state index contributed by atoms with van der Waals surface area (Å²) < 4.78 is 8.55. The minimum Gasteiger partial charge on any atom is -0.822 e. The summed E-state index contributed by atoms with van der Waals surface area (Å²) in [4.78, 5) is 25.6. The van der Waals surface area contributed by atoms with Crippen LogP contribution in [-0.2, 0) is 37.3 Å². The van der Waals surface area contributed by atoms with Crippen molar-refractivity contribution in [3.63, 3.8) is 0 Å². The monoisotopic (exact) mass is 191 g/mol. The fourth-order valence-electron chi connectivity index (χ4n) is 0. The Bertz CT molecular complexity index is 57.8. The van der Waals surface area contributed by atoms with Gasteiger partial charge in [-0.05, 0) is 0 Å². The largest absolute Gasteiger partial charge is 3.00 e. The van der Waals surface area contributed by atoms with Crippen molar-refractivity contribution in [2.24, 2.45) is 0 Å². The van der Waals surface area contributed by atoms with Crippen molar-refractivity contribution in [3.8, 4) is 0 Å². The second-order valence-electron chi connectivity index (χ2n) is 0.447.